The van der Waals surface area contributed by atoms with E-state index in [2.05, 4.69) is 10.6 Å². The highest BCUT2D eigenvalue weighted by Crippen LogP contribution is 2.22. The first-order valence-electron chi connectivity index (χ1n) is 8.31. The number of carbonyl (C=O) groups excluding carboxylic acids is 2. The predicted octanol–water partition coefficient (Wildman–Crippen LogP) is 4.63. The Morgan fingerprint density at radius 1 is 1.04 bits per heavy atom. The number of carbonyl (C=O) groups is 2. The third-order valence-corrected chi connectivity index (χ3v) is 4.81. The Bertz CT molecular complexity index is 819. The first kappa shape index (κ1) is 20.3. The molecule has 0 atom stereocenters. The molecule has 0 bridgehead atoms. The Labute approximate surface area is 163 Å². The van der Waals surface area contributed by atoms with Crippen LogP contribution in [0.5, 0.6) is 0 Å². The lowest BCUT2D eigenvalue weighted by atomic mass is 9.90. The second kappa shape index (κ2) is 8.56. The second-order valence-electron chi connectivity index (χ2n) is 6.64. The Morgan fingerprint density at radius 2 is 1.73 bits per heavy atom. The van der Waals surface area contributed by atoms with Crippen molar-refractivity contribution in [2.45, 2.75) is 27.2 Å². The Morgan fingerprint density at radius 3 is 2.38 bits per heavy atom. The molecule has 138 valence electrons. The van der Waals surface area contributed by atoms with Gasteiger partial charge in [-0.05, 0) is 56.5 Å². The molecular formula is C20H22Cl2N2O2. The van der Waals surface area contributed by atoms with E-state index >= 15 is 0 Å². The Balaban J connectivity index is 1.94. The number of anilines is 1. The van der Waals surface area contributed by atoms with E-state index in [1.54, 1.807) is 26.0 Å². The van der Waals surface area contributed by atoms with Gasteiger partial charge in [-0.2, -0.15) is 0 Å². The van der Waals surface area contributed by atoms with E-state index in [9.17, 15) is 9.59 Å². The topological polar surface area (TPSA) is 58.2 Å². The van der Waals surface area contributed by atoms with Crippen molar-refractivity contribution in [2.24, 2.45) is 5.41 Å². The Hall–Kier alpha value is -2.04. The van der Waals surface area contributed by atoms with E-state index in [-0.39, 0.29) is 11.8 Å². The Kier molecular flexibility index (Phi) is 6.68. The number of amides is 2. The molecule has 0 saturated carbocycles. The molecule has 0 aliphatic rings. The molecular weight excluding hydrogens is 371 g/mol. The average Bonchev–Trinajstić information content (AvgIpc) is 2.58. The first-order valence-corrected chi connectivity index (χ1v) is 9.06. The first-order chi connectivity index (χ1) is 12.2. The van der Waals surface area contributed by atoms with Crippen molar-refractivity contribution in [2.75, 3.05) is 11.9 Å². The normalized spacial score (nSPS) is 11.1. The SMILES string of the molecule is Cc1ccccc1NC(=O)C(C)(C)C(=O)NCCc1ccc(Cl)cc1Cl. The van der Waals surface area contributed by atoms with Crippen LogP contribution < -0.4 is 10.6 Å². The molecule has 2 aromatic rings. The molecule has 0 aromatic heterocycles. The zero-order valence-electron chi connectivity index (χ0n) is 15.0. The van der Waals surface area contributed by atoms with E-state index in [1.165, 1.54) is 0 Å². The van der Waals surface area contributed by atoms with Crippen LogP contribution >= 0.6 is 23.2 Å². The lowest BCUT2D eigenvalue weighted by Gasteiger charge is -2.23. The number of aryl methyl sites for hydroxylation is 1. The lowest BCUT2D eigenvalue weighted by molar-refractivity contribution is -0.138. The summed E-state index contributed by atoms with van der Waals surface area (Å²) in [6, 6.07) is 12.7. The molecule has 2 rings (SSSR count). The van der Waals surface area contributed by atoms with Gasteiger partial charge in [-0.15, -0.1) is 0 Å². The van der Waals surface area contributed by atoms with Crippen molar-refractivity contribution < 1.29 is 9.59 Å². The minimum Gasteiger partial charge on any atom is -0.355 e. The minimum absolute atomic E-state index is 0.339. The predicted molar refractivity (Wildman–Crippen MR) is 107 cm³/mol. The number of hydrogen-bond donors (Lipinski definition) is 2. The minimum atomic E-state index is -1.20. The highest BCUT2D eigenvalue weighted by atomic mass is 35.5. The summed E-state index contributed by atoms with van der Waals surface area (Å²) < 4.78 is 0. The van der Waals surface area contributed by atoms with Crippen molar-refractivity contribution in [3.63, 3.8) is 0 Å². The van der Waals surface area contributed by atoms with Gasteiger partial charge in [0.2, 0.25) is 11.8 Å². The average molecular weight is 393 g/mol. The van der Waals surface area contributed by atoms with Crippen molar-refractivity contribution in [1.82, 2.24) is 5.32 Å². The maximum absolute atomic E-state index is 12.5. The molecule has 0 unspecified atom stereocenters. The fraction of sp³-hybridized carbons (Fsp3) is 0.300. The molecule has 0 fully saturated rings. The summed E-state index contributed by atoms with van der Waals surface area (Å²) in [5, 5.41) is 6.75. The van der Waals surface area contributed by atoms with Crippen molar-refractivity contribution in [3.05, 3.63) is 63.6 Å². The van der Waals surface area contributed by atoms with Crippen LogP contribution in [0.1, 0.15) is 25.0 Å². The van der Waals surface area contributed by atoms with Gasteiger partial charge in [-0.3, -0.25) is 9.59 Å². The van der Waals surface area contributed by atoms with Gasteiger partial charge in [0.05, 0.1) is 0 Å². The van der Waals surface area contributed by atoms with Crippen molar-refractivity contribution in [1.29, 1.82) is 0 Å². The van der Waals surface area contributed by atoms with E-state index in [0.717, 1.165) is 11.1 Å². The standard InChI is InChI=1S/C20H22Cl2N2O2/c1-13-6-4-5-7-17(13)24-19(26)20(2,3)18(25)23-11-10-14-8-9-15(21)12-16(14)22/h4-9,12H,10-11H2,1-3H3,(H,23,25)(H,24,26). The summed E-state index contributed by atoms with van der Waals surface area (Å²) in [4.78, 5) is 25.0. The molecule has 0 aliphatic heterocycles. The summed E-state index contributed by atoms with van der Waals surface area (Å²) in [6.45, 7) is 5.48. The molecule has 0 radical (unpaired) electrons. The number of halogens is 2. The molecule has 0 spiro atoms. The summed E-state index contributed by atoms with van der Waals surface area (Å²) in [5.74, 6) is -0.692. The zero-order valence-corrected chi connectivity index (χ0v) is 16.5. The maximum atomic E-state index is 12.5. The van der Waals surface area contributed by atoms with Crippen LogP contribution in [0, 0.1) is 12.3 Å². The number of benzene rings is 2. The third-order valence-electron chi connectivity index (χ3n) is 4.22. The van der Waals surface area contributed by atoms with Crippen LogP contribution in [-0.4, -0.2) is 18.4 Å². The number of hydrogen-bond acceptors (Lipinski definition) is 2. The van der Waals surface area contributed by atoms with Crippen molar-refractivity contribution >= 4 is 40.7 Å². The summed E-state index contributed by atoms with van der Waals surface area (Å²) >= 11 is 12.0. The number of nitrogens with one attached hydrogen (secondary N) is 2. The quantitative estimate of drug-likeness (QED) is 0.704. The molecule has 0 aliphatic carbocycles. The molecule has 0 saturated heterocycles. The highest BCUT2D eigenvalue weighted by molar-refractivity contribution is 6.35. The van der Waals surface area contributed by atoms with Gasteiger partial charge in [0, 0.05) is 22.3 Å². The second-order valence-corrected chi connectivity index (χ2v) is 7.48. The summed E-state index contributed by atoms with van der Waals surface area (Å²) in [7, 11) is 0. The van der Waals surface area contributed by atoms with Gasteiger partial charge in [-0.1, -0.05) is 47.5 Å². The third kappa shape index (κ3) is 4.99. The van der Waals surface area contributed by atoms with E-state index in [4.69, 9.17) is 23.2 Å². The number of para-hydroxylation sites is 1. The van der Waals surface area contributed by atoms with Gasteiger partial charge in [0.1, 0.15) is 5.41 Å². The molecule has 0 heterocycles. The summed E-state index contributed by atoms with van der Waals surface area (Å²) in [6.07, 6.45) is 0.553. The van der Waals surface area contributed by atoms with Crippen LogP contribution in [0.25, 0.3) is 0 Å². The van der Waals surface area contributed by atoms with Crippen LogP contribution in [0.15, 0.2) is 42.5 Å². The molecule has 2 N–H and O–H groups in total. The maximum Gasteiger partial charge on any atom is 0.239 e. The van der Waals surface area contributed by atoms with E-state index < -0.39 is 5.41 Å². The smallest absolute Gasteiger partial charge is 0.239 e. The van der Waals surface area contributed by atoms with Crippen LogP contribution in [0.4, 0.5) is 5.69 Å². The van der Waals surface area contributed by atoms with Gasteiger partial charge in [-0.25, -0.2) is 0 Å². The van der Waals surface area contributed by atoms with Gasteiger partial charge >= 0.3 is 0 Å². The monoisotopic (exact) mass is 392 g/mol. The molecule has 2 aromatic carbocycles. The van der Waals surface area contributed by atoms with Gasteiger partial charge in [0.15, 0.2) is 0 Å². The van der Waals surface area contributed by atoms with Crippen molar-refractivity contribution in [3.8, 4) is 0 Å². The van der Waals surface area contributed by atoms with Gasteiger partial charge < -0.3 is 10.6 Å². The lowest BCUT2D eigenvalue weighted by Crippen LogP contribution is -2.45. The van der Waals surface area contributed by atoms with E-state index in [1.807, 2.05) is 37.3 Å². The largest absolute Gasteiger partial charge is 0.355 e. The molecule has 2 amide bonds. The van der Waals surface area contributed by atoms with Crippen LogP contribution in [0.3, 0.4) is 0 Å². The van der Waals surface area contributed by atoms with Gasteiger partial charge in [0.25, 0.3) is 0 Å². The zero-order chi connectivity index (χ0) is 19.3. The van der Waals surface area contributed by atoms with Crippen LogP contribution in [0.2, 0.25) is 10.0 Å². The van der Waals surface area contributed by atoms with E-state index in [0.29, 0.717) is 28.7 Å². The number of rotatable bonds is 6. The molecule has 4 nitrogen and oxygen atoms in total. The fourth-order valence-electron chi connectivity index (χ4n) is 2.35. The highest BCUT2D eigenvalue weighted by Gasteiger charge is 2.36. The summed E-state index contributed by atoms with van der Waals surface area (Å²) in [5.41, 5.74) is 1.32. The molecule has 26 heavy (non-hydrogen) atoms. The fourth-order valence-corrected chi connectivity index (χ4v) is 2.85. The van der Waals surface area contributed by atoms with Crippen LogP contribution in [-0.2, 0) is 16.0 Å². The molecule has 6 heteroatoms.